The van der Waals surface area contributed by atoms with E-state index in [0.29, 0.717) is 0 Å². The highest BCUT2D eigenvalue weighted by Gasteiger charge is 2.44. The Morgan fingerprint density at radius 1 is 1.53 bits per heavy atom. The zero-order chi connectivity index (χ0) is 13.1. The van der Waals surface area contributed by atoms with Gasteiger partial charge in [0.2, 0.25) is 5.91 Å². The fourth-order valence-corrected chi connectivity index (χ4v) is 2.46. The van der Waals surface area contributed by atoms with Crippen LogP contribution < -0.4 is 5.32 Å². The highest BCUT2D eigenvalue weighted by molar-refractivity contribution is 5.83. The third-order valence-electron chi connectivity index (χ3n) is 4.03. The molecule has 1 fully saturated rings. The minimum absolute atomic E-state index is 0.00905. The fraction of sp³-hybridized carbons (Fsp3) is 0.923. The first-order chi connectivity index (χ1) is 7.89. The maximum absolute atomic E-state index is 12.6. The van der Waals surface area contributed by atoms with Crippen molar-refractivity contribution in [1.82, 2.24) is 10.2 Å². The summed E-state index contributed by atoms with van der Waals surface area (Å²) in [6.45, 7) is 7.58. The maximum atomic E-state index is 12.6. The number of likely N-dealkylation sites (N-methyl/N-ethyl adjacent to an activating group) is 1. The van der Waals surface area contributed by atoms with Crippen LogP contribution in [0, 0.1) is 5.41 Å². The Bertz CT molecular complexity index is 271. The van der Waals surface area contributed by atoms with E-state index in [1.54, 1.807) is 11.9 Å². The van der Waals surface area contributed by atoms with Crippen LogP contribution in [0.5, 0.6) is 0 Å². The SMILES string of the molecule is CCCC1(C(=O)N(C)C(C)(C)CO)CCNC1. The number of carbonyl (C=O) groups is 1. The van der Waals surface area contributed by atoms with Crippen molar-refractivity contribution in [2.45, 2.75) is 45.6 Å². The van der Waals surface area contributed by atoms with Crippen molar-refractivity contribution in [1.29, 1.82) is 0 Å². The lowest BCUT2D eigenvalue weighted by molar-refractivity contribution is -0.146. The lowest BCUT2D eigenvalue weighted by atomic mass is 9.80. The molecule has 1 atom stereocenters. The molecule has 100 valence electrons. The van der Waals surface area contributed by atoms with Crippen LogP contribution in [0.4, 0.5) is 0 Å². The van der Waals surface area contributed by atoms with E-state index in [1.807, 2.05) is 13.8 Å². The van der Waals surface area contributed by atoms with Gasteiger partial charge in [-0.15, -0.1) is 0 Å². The third-order valence-corrected chi connectivity index (χ3v) is 4.03. The highest BCUT2D eigenvalue weighted by Crippen LogP contribution is 2.34. The molecule has 0 spiro atoms. The molecule has 17 heavy (non-hydrogen) atoms. The van der Waals surface area contributed by atoms with Gasteiger partial charge < -0.3 is 15.3 Å². The molecule has 4 nitrogen and oxygen atoms in total. The first kappa shape index (κ1) is 14.5. The molecule has 1 unspecified atom stereocenters. The topological polar surface area (TPSA) is 52.6 Å². The summed E-state index contributed by atoms with van der Waals surface area (Å²) in [6, 6.07) is 0. The normalized spacial score (nSPS) is 25.0. The highest BCUT2D eigenvalue weighted by atomic mass is 16.3. The van der Waals surface area contributed by atoms with Gasteiger partial charge in [-0.2, -0.15) is 0 Å². The quantitative estimate of drug-likeness (QED) is 0.756. The molecule has 0 aromatic rings. The van der Waals surface area contributed by atoms with E-state index < -0.39 is 5.54 Å². The minimum Gasteiger partial charge on any atom is -0.394 e. The molecule has 4 heteroatoms. The Kier molecular flexibility index (Phi) is 4.55. The van der Waals surface area contributed by atoms with Gasteiger partial charge in [-0.1, -0.05) is 13.3 Å². The summed E-state index contributed by atoms with van der Waals surface area (Å²) in [5.41, 5.74) is -0.740. The van der Waals surface area contributed by atoms with Crippen molar-refractivity contribution in [3.8, 4) is 0 Å². The van der Waals surface area contributed by atoms with Gasteiger partial charge in [-0.25, -0.2) is 0 Å². The summed E-state index contributed by atoms with van der Waals surface area (Å²) in [4.78, 5) is 14.4. The van der Waals surface area contributed by atoms with Crippen LogP contribution in [0.25, 0.3) is 0 Å². The molecule has 0 saturated carbocycles. The molecule has 1 amide bonds. The third kappa shape index (κ3) is 2.80. The van der Waals surface area contributed by atoms with Crippen LogP contribution in [0.3, 0.4) is 0 Å². The number of nitrogens with one attached hydrogen (secondary N) is 1. The molecule has 1 aliphatic heterocycles. The van der Waals surface area contributed by atoms with E-state index in [2.05, 4.69) is 12.2 Å². The summed E-state index contributed by atoms with van der Waals surface area (Å²) >= 11 is 0. The van der Waals surface area contributed by atoms with Crippen LogP contribution in [0.2, 0.25) is 0 Å². The van der Waals surface area contributed by atoms with Crippen molar-refractivity contribution in [3.05, 3.63) is 0 Å². The Labute approximate surface area is 104 Å². The maximum Gasteiger partial charge on any atom is 0.230 e. The zero-order valence-electron chi connectivity index (χ0n) is 11.5. The van der Waals surface area contributed by atoms with E-state index in [4.69, 9.17) is 0 Å². The minimum atomic E-state index is -0.486. The summed E-state index contributed by atoms with van der Waals surface area (Å²) in [7, 11) is 1.80. The van der Waals surface area contributed by atoms with Crippen molar-refractivity contribution in [2.24, 2.45) is 5.41 Å². The molecule has 0 aromatic heterocycles. The van der Waals surface area contributed by atoms with E-state index >= 15 is 0 Å². The molecule has 1 aliphatic rings. The van der Waals surface area contributed by atoms with E-state index in [-0.39, 0.29) is 17.9 Å². The fourth-order valence-electron chi connectivity index (χ4n) is 2.46. The van der Waals surface area contributed by atoms with Gasteiger partial charge >= 0.3 is 0 Å². The Hall–Kier alpha value is -0.610. The Morgan fingerprint density at radius 2 is 2.18 bits per heavy atom. The molecule has 0 aliphatic carbocycles. The predicted octanol–water partition coefficient (Wildman–Crippen LogP) is 0.995. The van der Waals surface area contributed by atoms with Crippen LogP contribution in [0.1, 0.15) is 40.0 Å². The van der Waals surface area contributed by atoms with E-state index in [9.17, 15) is 9.90 Å². The molecular weight excluding hydrogens is 216 g/mol. The van der Waals surface area contributed by atoms with Crippen LogP contribution >= 0.6 is 0 Å². The van der Waals surface area contributed by atoms with Gasteiger partial charge in [-0.05, 0) is 33.2 Å². The van der Waals surface area contributed by atoms with Gasteiger partial charge in [0.05, 0.1) is 17.6 Å². The molecular formula is C13H26N2O2. The summed E-state index contributed by atoms with van der Waals surface area (Å²) in [6.07, 6.45) is 2.84. The predicted molar refractivity (Wildman–Crippen MR) is 68.8 cm³/mol. The van der Waals surface area contributed by atoms with Gasteiger partial charge in [0, 0.05) is 13.6 Å². The number of aliphatic hydroxyl groups excluding tert-OH is 1. The lowest BCUT2D eigenvalue weighted by Crippen LogP contribution is -2.54. The van der Waals surface area contributed by atoms with Crippen molar-refractivity contribution >= 4 is 5.91 Å². The monoisotopic (exact) mass is 242 g/mol. The van der Waals surface area contributed by atoms with Crippen LogP contribution in [-0.2, 0) is 4.79 Å². The molecule has 0 aromatic carbocycles. The number of aliphatic hydroxyl groups is 1. The number of nitrogens with zero attached hydrogens (tertiary/aromatic N) is 1. The summed E-state index contributed by atoms with van der Waals surface area (Å²) < 4.78 is 0. The van der Waals surface area contributed by atoms with Gasteiger partial charge in [0.15, 0.2) is 0 Å². The van der Waals surface area contributed by atoms with Gasteiger partial charge in [0.25, 0.3) is 0 Å². The largest absolute Gasteiger partial charge is 0.394 e. The van der Waals surface area contributed by atoms with Gasteiger partial charge in [0.1, 0.15) is 0 Å². The Morgan fingerprint density at radius 3 is 2.59 bits per heavy atom. The first-order valence-corrected chi connectivity index (χ1v) is 6.49. The Balaban J connectivity index is 2.85. The van der Waals surface area contributed by atoms with E-state index in [0.717, 1.165) is 32.4 Å². The molecule has 0 radical (unpaired) electrons. The second-order valence-corrected chi connectivity index (χ2v) is 5.79. The standard InChI is InChI=1S/C13H26N2O2/c1-5-6-13(7-8-14-9-13)11(17)15(4)12(2,3)10-16/h14,16H,5-10H2,1-4H3. The van der Waals surface area contributed by atoms with Crippen LogP contribution in [0.15, 0.2) is 0 Å². The average molecular weight is 242 g/mol. The zero-order valence-corrected chi connectivity index (χ0v) is 11.5. The average Bonchev–Trinajstić information content (AvgIpc) is 2.77. The molecule has 0 bridgehead atoms. The van der Waals surface area contributed by atoms with Crippen LogP contribution in [-0.4, -0.2) is 48.2 Å². The number of carbonyl (C=O) groups excluding carboxylic acids is 1. The van der Waals surface area contributed by atoms with Crippen molar-refractivity contribution < 1.29 is 9.90 Å². The van der Waals surface area contributed by atoms with Gasteiger partial charge in [-0.3, -0.25) is 4.79 Å². The van der Waals surface area contributed by atoms with Crippen molar-refractivity contribution in [3.63, 3.8) is 0 Å². The second-order valence-electron chi connectivity index (χ2n) is 5.79. The lowest BCUT2D eigenvalue weighted by Gasteiger charge is -2.40. The number of hydrogen-bond donors (Lipinski definition) is 2. The number of amides is 1. The smallest absolute Gasteiger partial charge is 0.230 e. The summed E-state index contributed by atoms with van der Waals surface area (Å²) in [5, 5.41) is 12.7. The molecule has 1 rings (SSSR count). The summed E-state index contributed by atoms with van der Waals surface area (Å²) in [5.74, 6) is 0.170. The first-order valence-electron chi connectivity index (χ1n) is 6.49. The number of rotatable bonds is 5. The number of hydrogen-bond acceptors (Lipinski definition) is 3. The second kappa shape index (κ2) is 5.36. The molecule has 1 heterocycles. The van der Waals surface area contributed by atoms with E-state index in [1.165, 1.54) is 0 Å². The molecule has 2 N–H and O–H groups in total. The van der Waals surface area contributed by atoms with Crippen molar-refractivity contribution in [2.75, 3.05) is 26.7 Å². The molecule has 1 saturated heterocycles.